The van der Waals surface area contributed by atoms with Gasteiger partial charge in [-0.25, -0.2) is 4.68 Å². The summed E-state index contributed by atoms with van der Waals surface area (Å²) in [5.41, 5.74) is 1.51. The van der Waals surface area contributed by atoms with Crippen LogP contribution in [0, 0.1) is 14.9 Å². The predicted molar refractivity (Wildman–Crippen MR) is 114 cm³/mol. The number of benzene rings is 1. The third-order valence-electron chi connectivity index (χ3n) is 4.21. The molecule has 10 heteroatoms. The van der Waals surface area contributed by atoms with Crippen molar-refractivity contribution in [1.29, 1.82) is 0 Å². The van der Waals surface area contributed by atoms with Gasteiger partial charge in [0, 0.05) is 48.2 Å². The van der Waals surface area contributed by atoms with Crippen LogP contribution in [-0.4, -0.2) is 36.2 Å². The van der Waals surface area contributed by atoms with Crippen molar-refractivity contribution in [2.24, 2.45) is 0 Å². The van der Waals surface area contributed by atoms with E-state index in [-0.39, 0.29) is 5.69 Å². The van der Waals surface area contributed by atoms with Gasteiger partial charge in [0.15, 0.2) is 10.6 Å². The first-order valence-electron chi connectivity index (χ1n) is 8.71. The highest BCUT2D eigenvalue weighted by molar-refractivity contribution is 7.71. The van der Waals surface area contributed by atoms with Crippen molar-refractivity contribution in [2.45, 2.75) is 19.8 Å². The molecular weight excluding hydrogens is 412 g/mol. The van der Waals surface area contributed by atoms with Crippen LogP contribution in [0.1, 0.15) is 5.56 Å². The third kappa shape index (κ3) is 4.76. The molecule has 0 amide bonds. The zero-order chi connectivity index (χ0) is 21.0. The molecule has 8 nitrogen and oxygen atoms in total. The van der Waals surface area contributed by atoms with Crippen LogP contribution >= 0.6 is 23.8 Å². The molecular formula is C19H19ClN6O2S. The molecule has 0 spiro atoms. The Bertz CT molecular complexity index is 1100. The molecule has 0 aliphatic rings. The molecule has 0 saturated carbocycles. The zero-order valence-electron chi connectivity index (χ0n) is 15.7. The Kier molecular flexibility index (Phi) is 6.53. The van der Waals surface area contributed by atoms with Gasteiger partial charge < -0.3 is 0 Å². The molecule has 0 radical (unpaired) electrons. The van der Waals surface area contributed by atoms with Crippen molar-refractivity contribution in [3.05, 3.63) is 80.9 Å². The molecule has 0 N–H and O–H groups in total. The summed E-state index contributed by atoms with van der Waals surface area (Å²) in [4.78, 5) is 16.7. The fourth-order valence-corrected chi connectivity index (χ4v) is 3.34. The van der Waals surface area contributed by atoms with E-state index in [0.717, 1.165) is 5.56 Å². The number of rotatable bonds is 8. The number of aromatic nitrogens is 4. The van der Waals surface area contributed by atoms with Crippen LogP contribution in [0.5, 0.6) is 0 Å². The summed E-state index contributed by atoms with van der Waals surface area (Å²) in [5.74, 6) is 0.699. The van der Waals surface area contributed by atoms with E-state index in [1.807, 2.05) is 28.6 Å². The minimum atomic E-state index is -0.437. The number of hydrogen-bond donors (Lipinski definition) is 0. The normalized spacial score (nSPS) is 11.0. The first-order chi connectivity index (χ1) is 13.9. The molecule has 0 saturated heterocycles. The van der Waals surface area contributed by atoms with Gasteiger partial charge in [-0.3, -0.25) is 24.6 Å². The van der Waals surface area contributed by atoms with Crippen LogP contribution in [0.2, 0.25) is 5.02 Å². The van der Waals surface area contributed by atoms with E-state index in [4.69, 9.17) is 23.8 Å². The topological polar surface area (TPSA) is 82.0 Å². The molecule has 150 valence electrons. The predicted octanol–water partition coefficient (Wildman–Crippen LogP) is 4.31. The summed E-state index contributed by atoms with van der Waals surface area (Å²) in [6, 6.07) is 8.16. The Hall–Kier alpha value is -2.88. The Morgan fingerprint density at radius 1 is 1.41 bits per heavy atom. The second-order valence-corrected chi connectivity index (χ2v) is 7.21. The summed E-state index contributed by atoms with van der Waals surface area (Å²) in [6.07, 6.45) is 5.19. The molecule has 3 rings (SSSR count). The lowest BCUT2D eigenvalue weighted by Crippen LogP contribution is -2.23. The Balaban J connectivity index is 1.87. The molecule has 0 fully saturated rings. The van der Waals surface area contributed by atoms with Crippen LogP contribution in [0.25, 0.3) is 11.4 Å². The first kappa shape index (κ1) is 20.8. The van der Waals surface area contributed by atoms with Crippen molar-refractivity contribution in [3.8, 4) is 11.4 Å². The third-order valence-corrected chi connectivity index (χ3v) is 5.01. The largest absolute Gasteiger partial charge is 0.296 e. The lowest BCUT2D eigenvalue weighted by molar-refractivity contribution is -0.384. The highest BCUT2D eigenvalue weighted by atomic mass is 35.5. The van der Waals surface area contributed by atoms with E-state index in [9.17, 15) is 10.1 Å². The SMILES string of the molecule is C=CCn1c(-c2cccnc2)nn(CN(C)Cc2cc([N+](=O)[O-])ccc2Cl)c1=S. The smallest absolute Gasteiger partial charge is 0.269 e. The van der Waals surface area contributed by atoms with Gasteiger partial charge >= 0.3 is 0 Å². The maximum absolute atomic E-state index is 11.0. The minimum Gasteiger partial charge on any atom is -0.296 e. The van der Waals surface area contributed by atoms with Crippen molar-refractivity contribution < 1.29 is 4.92 Å². The van der Waals surface area contributed by atoms with Crippen molar-refractivity contribution in [3.63, 3.8) is 0 Å². The number of nitro groups is 1. The van der Waals surface area contributed by atoms with Gasteiger partial charge in [0.1, 0.15) is 0 Å². The summed E-state index contributed by atoms with van der Waals surface area (Å²) < 4.78 is 4.13. The second-order valence-electron chi connectivity index (χ2n) is 6.44. The van der Waals surface area contributed by atoms with Gasteiger partial charge in [-0.05, 0) is 43.0 Å². The van der Waals surface area contributed by atoms with Crippen LogP contribution in [0.4, 0.5) is 5.69 Å². The van der Waals surface area contributed by atoms with Crippen molar-refractivity contribution in [2.75, 3.05) is 7.05 Å². The Labute approximate surface area is 177 Å². The van der Waals surface area contributed by atoms with E-state index in [1.54, 1.807) is 23.2 Å². The number of halogens is 1. The van der Waals surface area contributed by atoms with E-state index >= 15 is 0 Å². The lowest BCUT2D eigenvalue weighted by Gasteiger charge is -2.17. The van der Waals surface area contributed by atoms with Gasteiger partial charge in [-0.1, -0.05) is 17.7 Å². The monoisotopic (exact) mass is 430 g/mol. The summed E-state index contributed by atoms with van der Waals surface area (Å²) in [5, 5.41) is 16.2. The van der Waals surface area contributed by atoms with Crippen LogP contribution in [0.15, 0.2) is 55.4 Å². The average molecular weight is 431 g/mol. The minimum absolute atomic E-state index is 0.00327. The molecule has 0 bridgehead atoms. The number of non-ortho nitro benzene ring substituents is 1. The number of nitrogens with zero attached hydrogens (tertiary/aromatic N) is 6. The van der Waals surface area contributed by atoms with Gasteiger partial charge in [0.2, 0.25) is 0 Å². The van der Waals surface area contributed by atoms with E-state index in [0.29, 0.717) is 40.9 Å². The Morgan fingerprint density at radius 2 is 2.21 bits per heavy atom. The number of allylic oxidation sites excluding steroid dienone is 1. The van der Waals surface area contributed by atoms with Crippen LogP contribution in [0.3, 0.4) is 0 Å². The van der Waals surface area contributed by atoms with Crippen LogP contribution in [-0.2, 0) is 19.8 Å². The maximum atomic E-state index is 11.0. The van der Waals surface area contributed by atoms with Crippen LogP contribution < -0.4 is 0 Å². The fourth-order valence-electron chi connectivity index (χ4n) is 2.90. The number of hydrogen-bond acceptors (Lipinski definition) is 6. The Morgan fingerprint density at radius 3 is 2.86 bits per heavy atom. The van der Waals surface area contributed by atoms with E-state index in [2.05, 4.69) is 16.7 Å². The molecule has 0 atom stereocenters. The number of pyridine rings is 1. The highest BCUT2D eigenvalue weighted by Gasteiger charge is 2.15. The van der Waals surface area contributed by atoms with Crippen molar-refractivity contribution in [1.82, 2.24) is 24.2 Å². The quantitative estimate of drug-likeness (QED) is 0.229. The molecule has 2 aromatic heterocycles. The first-order valence-corrected chi connectivity index (χ1v) is 9.49. The molecule has 1 aromatic carbocycles. The summed E-state index contributed by atoms with van der Waals surface area (Å²) in [7, 11) is 1.87. The van der Waals surface area contributed by atoms with Gasteiger partial charge in [0.05, 0.1) is 11.6 Å². The van der Waals surface area contributed by atoms with Gasteiger partial charge in [-0.15, -0.1) is 6.58 Å². The standard InChI is InChI=1S/C19H19ClN6O2S/c1-3-9-24-18(14-5-4-8-21-11-14)22-25(19(24)29)13-23(2)12-15-10-16(26(27)28)6-7-17(15)20/h3-8,10-11H,1,9,12-13H2,2H3. The molecule has 2 heterocycles. The maximum Gasteiger partial charge on any atom is 0.269 e. The molecule has 0 aliphatic carbocycles. The second kappa shape index (κ2) is 9.08. The van der Waals surface area contributed by atoms with Gasteiger partial charge in [-0.2, -0.15) is 5.10 Å². The lowest BCUT2D eigenvalue weighted by atomic mass is 10.2. The molecule has 3 aromatic rings. The zero-order valence-corrected chi connectivity index (χ0v) is 17.3. The average Bonchev–Trinajstić information content (AvgIpc) is 3.00. The molecule has 29 heavy (non-hydrogen) atoms. The van der Waals surface area contributed by atoms with Crippen molar-refractivity contribution >= 4 is 29.5 Å². The highest BCUT2D eigenvalue weighted by Crippen LogP contribution is 2.23. The van der Waals surface area contributed by atoms with E-state index in [1.165, 1.54) is 18.2 Å². The summed E-state index contributed by atoms with van der Waals surface area (Å²) in [6.45, 7) is 5.09. The summed E-state index contributed by atoms with van der Waals surface area (Å²) >= 11 is 11.8. The fraction of sp³-hybridized carbons (Fsp3) is 0.211. The molecule has 0 unspecified atom stereocenters. The molecule has 0 aliphatic heterocycles. The number of nitro benzene ring substituents is 1. The van der Waals surface area contributed by atoms with Gasteiger partial charge in [0.25, 0.3) is 5.69 Å². The van der Waals surface area contributed by atoms with E-state index < -0.39 is 4.92 Å².